The van der Waals surface area contributed by atoms with E-state index in [0.717, 1.165) is 31.6 Å². The van der Waals surface area contributed by atoms with Crippen LogP contribution in [0.3, 0.4) is 0 Å². The molecule has 1 aromatic heterocycles. The molecule has 0 saturated carbocycles. The van der Waals surface area contributed by atoms with E-state index in [1.54, 1.807) is 12.1 Å². The van der Waals surface area contributed by atoms with E-state index in [9.17, 15) is 13.2 Å². The number of aromatic nitrogens is 1. The number of benzene rings is 1. The molecule has 7 nitrogen and oxygen atoms in total. The van der Waals surface area contributed by atoms with Gasteiger partial charge in [-0.25, -0.2) is 13.4 Å². The molecular formula is C23H30N4O3S2. The number of thioether (sulfide) groups is 1. The van der Waals surface area contributed by atoms with Crippen LogP contribution in [0.5, 0.6) is 0 Å². The normalized spacial score (nSPS) is 18.5. The van der Waals surface area contributed by atoms with Gasteiger partial charge >= 0.3 is 0 Å². The lowest BCUT2D eigenvalue weighted by Crippen LogP contribution is -2.29. The maximum absolute atomic E-state index is 12.6. The van der Waals surface area contributed by atoms with Crippen molar-refractivity contribution < 1.29 is 13.2 Å². The SMILES string of the molecule is CC(Sc1ccc(S(=O)(=O)N2CCCC2)cn1)C(=O)Nc1ccc(N2CCCCC2)cc1. The standard InChI is InChI=1S/C23H30N4O3S2/c1-18(23(28)25-19-7-9-20(10-8-19)26-13-3-2-4-14-26)31-22-12-11-21(17-24-22)32(29,30)27-15-5-6-16-27/h7-12,17-18H,2-6,13-16H2,1H3,(H,25,28). The van der Waals surface area contributed by atoms with Gasteiger partial charge in [0.2, 0.25) is 15.9 Å². The largest absolute Gasteiger partial charge is 0.372 e. The number of amides is 1. The topological polar surface area (TPSA) is 82.6 Å². The Morgan fingerprint density at radius 1 is 0.969 bits per heavy atom. The first-order chi connectivity index (χ1) is 15.4. The van der Waals surface area contributed by atoms with Crippen molar-refractivity contribution in [1.29, 1.82) is 0 Å². The van der Waals surface area contributed by atoms with E-state index < -0.39 is 10.0 Å². The highest BCUT2D eigenvalue weighted by Crippen LogP contribution is 2.26. The van der Waals surface area contributed by atoms with Gasteiger partial charge in [0.05, 0.1) is 10.3 Å². The predicted octanol–water partition coefficient (Wildman–Crippen LogP) is 3.98. The molecule has 1 N–H and O–H groups in total. The van der Waals surface area contributed by atoms with Gasteiger partial charge in [-0.1, -0.05) is 11.8 Å². The van der Waals surface area contributed by atoms with Gasteiger partial charge in [0.25, 0.3) is 0 Å². The zero-order valence-corrected chi connectivity index (χ0v) is 20.0. The lowest BCUT2D eigenvalue weighted by atomic mass is 10.1. The van der Waals surface area contributed by atoms with Crippen LogP contribution in [0.25, 0.3) is 0 Å². The molecule has 2 aliphatic heterocycles. The monoisotopic (exact) mass is 474 g/mol. The maximum Gasteiger partial charge on any atom is 0.244 e. The van der Waals surface area contributed by atoms with Crippen LogP contribution in [0.1, 0.15) is 39.0 Å². The molecule has 1 aromatic carbocycles. The minimum Gasteiger partial charge on any atom is -0.372 e. The molecule has 0 radical (unpaired) electrons. The minimum atomic E-state index is -3.47. The first kappa shape index (κ1) is 23.1. The molecule has 0 spiro atoms. The number of carbonyl (C=O) groups is 1. The van der Waals surface area contributed by atoms with Crippen LogP contribution in [0, 0.1) is 0 Å². The summed E-state index contributed by atoms with van der Waals surface area (Å²) >= 11 is 1.31. The number of nitrogens with zero attached hydrogens (tertiary/aromatic N) is 3. The summed E-state index contributed by atoms with van der Waals surface area (Å²) in [6.45, 7) is 5.12. The van der Waals surface area contributed by atoms with Gasteiger partial charge in [-0.15, -0.1) is 0 Å². The second kappa shape index (κ2) is 10.2. The van der Waals surface area contributed by atoms with Crippen LogP contribution in [0.2, 0.25) is 0 Å². The highest BCUT2D eigenvalue weighted by molar-refractivity contribution is 8.00. The Hall–Kier alpha value is -2.10. The van der Waals surface area contributed by atoms with Crippen LogP contribution in [-0.2, 0) is 14.8 Å². The number of pyridine rings is 1. The third-order valence-corrected chi connectivity index (χ3v) is 8.87. The molecule has 1 amide bonds. The Morgan fingerprint density at radius 3 is 2.25 bits per heavy atom. The van der Waals surface area contributed by atoms with Gasteiger partial charge < -0.3 is 10.2 Å². The summed E-state index contributed by atoms with van der Waals surface area (Å²) in [4.78, 5) is 19.5. The summed E-state index contributed by atoms with van der Waals surface area (Å²) < 4.78 is 26.7. The van der Waals surface area contributed by atoms with Gasteiger partial charge in [-0.3, -0.25) is 4.79 Å². The molecule has 0 aliphatic carbocycles. The molecule has 1 atom stereocenters. The zero-order valence-electron chi connectivity index (χ0n) is 18.4. The first-order valence-corrected chi connectivity index (χ1v) is 13.5. The molecule has 4 rings (SSSR count). The van der Waals surface area contributed by atoms with Gasteiger partial charge in [0.15, 0.2) is 0 Å². The average Bonchev–Trinajstić information content (AvgIpc) is 3.36. The quantitative estimate of drug-likeness (QED) is 0.612. The second-order valence-electron chi connectivity index (χ2n) is 8.29. The van der Waals surface area contributed by atoms with Gasteiger partial charge in [-0.2, -0.15) is 4.31 Å². The molecule has 2 aliphatic rings. The molecule has 32 heavy (non-hydrogen) atoms. The van der Waals surface area contributed by atoms with Crippen LogP contribution < -0.4 is 10.2 Å². The summed E-state index contributed by atoms with van der Waals surface area (Å²) in [6.07, 6.45) is 6.94. The molecule has 1 unspecified atom stereocenters. The van der Waals surface area contributed by atoms with Crippen molar-refractivity contribution in [1.82, 2.24) is 9.29 Å². The first-order valence-electron chi connectivity index (χ1n) is 11.2. The van der Waals surface area contributed by atoms with E-state index in [1.807, 2.05) is 19.1 Å². The minimum absolute atomic E-state index is 0.115. The van der Waals surface area contributed by atoms with E-state index in [2.05, 4.69) is 27.3 Å². The molecule has 2 saturated heterocycles. The summed E-state index contributed by atoms with van der Waals surface area (Å²) in [5.41, 5.74) is 1.96. The molecule has 0 bridgehead atoms. The molecule has 172 valence electrons. The molecule has 9 heteroatoms. The van der Waals surface area contributed by atoms with Crippen molar-refractivity contribution in [2.75, 3.05) is 36.4 Å². The Balaban J connectivity index is 1.32. The third-order valence-electron chi connectivity index (χ3n) is 5.93. The molecular weight excluding hydrogens is 444 g/mol. The number of hydrogen-bond donors (Lipinski definition) is 1. The molecule has 3 heterocycles. The number of hydrogen-bond acceptors (Lipinski definition) is 6. The summed E-state index contributed by atoms with van der Waals surface area (Å²) in [6, 6.07) is 11.2. The molecule has 2 fully saturated rings. The Labute approximate surface area is 194 Å². The van der Waals surface area contributed by atoms with Gasteiger partial charge in [0, 0.05) is 43.8 Å². The highest BCUT2D eigenvalue weighted by Gasteiger charge is 2.27. The van der Waals surface area contributed by atoms with Crippen molar-refractivity contribution in [3.05, 3.63) is 42.6 Å². The second-order valence-corrected chi connectivity index (χ2v) is 11.6. The highest BCUT2D eigenvalue weighted by atomic mass is 32.2. The number of carbonyl (C=O) groups excluding carboxylic acids is 1. The van der Waals surface area contributed by atoms with Crippen LogP contribution in [0.15, 0.2) is 52.5 Å². The van der Waals surface area contributed by atoms with Crippen molar-refractivity contribution in [2.24, 2.45) is 0 Å². The lowest BCUT2D eigenvalue weighted by Gasteiger charge is -2.28. The third kappa shape index (κ3) is 5.44. The Kier molecular flexibility index (Phi) is 7.37. The van der Waals surface area contributed by atoms with E-state index in [1.165, 1.54) is 47.2 Å². The fourth-order valence-corrected chi connectivity index (χ4v) is 6.30. The van der Waals surface area contributed by atoms with Crippen LogP contribution in [-0.4, -0.2) is 55.0 Å². The van der Waals surface area contributed by atoms with Crippen molar-refractivity contribution >= 4 is 39.1 Å². The maximum atomic E-state index is 12.6. The van der Waals surface area contributed by atoms with Crippen LogP contribution >= 0.6 is 11.8 Å². The van der Waals surface area contributed by atoms with Gasteiger partial charge in [0.1, 0.15) is 4.90 Å². The van der Waals surface area contributed by atoms with Gasteiger partial charge in [-0.05, 0) is 75.4 Å². The van der Waals surface area contributed by atoms with Crippen molar-refractivity contribution in [3.63, 3.8) is 0 Å². The number of sulfonamides is 1. The summed E-state index contributed by atoms with van der Waals surface area (Å²) in [7, 11) is -3.47. The predicted molar refractivity (Wildman–Crippen MR) is 129 cm³/mol. The number of anilines is 2. The fourth-order valence-electron chi connectivity index (χ4n) is 4.05. The number of nitrogens with one attached hydrogen (secondary N) is 1. The van der Waals surface area contributed by atoms with Crippen molar-refractivity contribution in [3.8, 4) is 0 Å². The van der Waals surface area contributed by atoms with E-state index in [-0.39, 0.29) is 16.1 Å². The zero-order chi connectivity index (χ0) is 22.6. The average molecular weight is 475 g/mol. The lowest BCUT2D eigenvalue weighted by molar-refractivity contribution is -0.115. The fraction of sp³-hybridized carbons (Fsp3) is 0.478. The Bertz CT molecular complexity index is 1010. The molecule has 2 aromatic rings. The van der Waals surface area contributed by atoms with E-state index in [4.69, 9.17) is 0 Å². The van der Waals surface area contributed by atoms with E-state index >= 15 is 0 Å². The smallest absolute Gasteiger partial charge is 0.244 e. The summed E-state index contributed by atoms with van der Waals surface area (Å²) in [5.74, 6) is -0.115. The van der Waals surface area contributed by atoms with Crippen molar-refractivity contribution in [2.45, 2.75) is 54.2 Å². The Morgan fingerprint density at radius 2 is 1.62 bits per heavy atom. The summed E-state index contributed by atoms with van der Waals surface area (Å²) in [5, 5.41) is 3.21. The van der Waals surface area contributed by atoms with Crippen LogP contribution in [0.4, 0.5) is 11.4 Å². The number of piperidine rings is 1. The van der Waals surface area contributed by atoms with E-state index in [0.29, 0.717) is 18.1 Å². The number of rotatable bonds is 7.